The summed E-state index contributed by atoms with van der Waals surface area (Å²) in [6.07, 6.45) is 0. The first-order valence-electron chi connectivity index (χ1n) is 2.61. The summed E-state index contributed by atoms with van der Waals surface area (Å²) < 4.78 is 9.04. The molecule has 0 saturated heterocycles. The van der Waals surface area contributed by atoms with Gasteiger partial charge in [-0.05, 0) is 0 Å². The maximum absolute atomic E-state index is 9.59. The lowest BCUT2D eigenvalue weighted by Gasteiger charge is -2.06. The standard InChI is InChI=1S/C5H11NO3/c1-8-2-5(6)3-9-4-7/h4-5H,2-3,6H2,1H3. The Morgan fingerprint density at radius 3 is 2.78 bits per heavy atom. The maximum Gasteiger partial charge on any atom is 0.293 e. The molecule has 0 heterocycles. The summed E-state index contributed by atoms with van der Waals surface area (Å²) in [6.45, 7) is 1.00. The van der Waals surface area contributed by atoms with Crippen LogP contribution in [0.4, 0.5) is 0 Å². The first-order valence-corrected chi connectivity index (χ1v) is 2.61. The van der Waals surface area contributed by atoms with Gasteiger partial charge in [0.15, 0.2) is 0 Å². The van der Waals surface area contributed by atoms with Gasteiger partial charge in [0.25, 0.3) is 6.47 Å². The highest BCUT2D eigenvalue weighted by atomic mass is 16.5. The lowest BCUT2D eigenvalue weighted by atomic mass is 10.4. The fourth-order valence-electron chi connectivity index (χ4n) is 0.425. The van der Waals surface area contributed by atoms with Gasteiger partial charge < -0.3 is 15.2 Å². The van der Waals surface area contributed by atoms with Crippen molar-refractivity contribution in [3.8, 4) is 0 Å². The van der Waals surface area contributed by atoms with E-state index in [1.807, 2.05) is 0 Å². The van der Waals surface area contributed by atoms with Gasteiger partial charge in [0.2, 0.25) is 0 Å². The molecule has 0 aliphatic rings. The van der Waals surface area contributed by atoms with Gasteiger partial charge >= 0.3 is 0 Å². The summed E-state index contributed by atoms with van der Waals surface area (Å²) >= 11 is 0. The van der Waals surface area contributed by atoms with E-state index in [9.17, 15) is 4.79 Å². The summed E-state index contributed by atoms with van der Waals surface area (Å²) in [5.74, 6) is 0. The average molecular weight is 133 g/mol. The van der Waals surface area contributed by atoms with E-state index in [2.05, 4.69) is 9.47 Å². The van der Waals surface area contributed by atoms with Crippen LogP contribution in [-0.2, 0) is 14.3 Å². The van der Waals surface area contributed by atoms with Crippen LogP contribution in [0, 0.1) is 0 Å². The van der Waals surface area contributed by atoms with Crippen LogP contribution >= 0.6 is 0 Å². The minimum Gasteiger partial charge on any atom is -0.466 e. The number of hydrogen-bond acceptors (Lipinski definition) is 4. The first kappa shape index (κ1) is 8.39. The average Bonchev–Trinajstić information content (AvgIpc) is 1.85. The van der Waals surface area contributed by atoms with E-state index >= 15 is 0 Å². The van der Waals surface area contributed by atoms with Crippen LogP contribution in [0.15, 0.2) is 0 Å². The Balaban J connectivity index is 3.04. The van der Waals surface area contributed by atoms with Crippen molar-refractivity contribution in [2.45, 2.75) is 6.04 Å². The lowest BCUT2D eigenvalue weighted by molar-refractivity contribution is -0.129. The van der Waals surface area contributed by atoms with Gasteiger partial charge in [0.05, 0.1) is 12.6 Å². The lowest BCUT2D eigenvalue weighted by Crippen LogP contribution is -2.30. The van der Waals surface area contributed by atoms with Crippen LogP contribution in [0.1, 0.15) is 0 Å². The second-order valence-corrected chi connectivity index (χ2v) is 1.64. The van der Waals surface area contributed by atoms with E-state index in [1.54, 1.807) is 7.11 Å². The molecular weight excluding hydrogens is 122 g/mol. The molecule has 0 aromatic carbocycles. The Hall–Kier alpha value is -0.610. The molecule has 0 spiro atoms. The van der Waals surface area contributed by atoms with E-state index < -0.39 is 0 Å². The van der Waals surface area contributed by atoms with Crippen molar-refractivity contribution in [1.29, 1.82) is 0 Å². The zero-order valence-electron chi connectivity index (χ0n) is 5.37. The number of ether oxygens (including phenoxy) is 2. The summed E-state index contributed by atoms with van der Waals surface area (Å²) in [4.78, 5) is 9.59. The van der Waals surface area contributed by atoms with Crippen molar-refractivity contribution in [1.82, 2.24) is 0 Å². The van der Waals surface area contributed by atoms with Gasteiger partial charge in [-0.1, -0.05) is 0 Å². The first-order chi connectivity index (χ1) is 4.31. The van der Waals surface area contributed by atoms with Gasteiger partial charge in [-0.2, -0.15) is 0 Å². The van der Waals surface area contributed by atoms with E-state index in [1.165, 1.54) is 0 Å². The Morgan fingerprint density at radius 2 is 2.33 bits per heavy atom. The molecule has 0 aromatic heterocycles. The molecule has 0 aliphatic carbocycles. The third kappa shape index (κ3) is 5.26. The Labute approximate surface area is 53.9 Å². The van der Waals surface area contributed by atoms with Gasteiger partial charge in [0.1, 0.15) is 6.61 Å². The van der Waals surface area contributed by atoms with Crippen LogP contribution < -0.4 is 5.73 Å². The SMILES string of the molecule is COCC(N)COC=O. The molecule has 0 radical (unpaired) electrons. The van der Waals surface area contributed by atoms with Crippen molar-refractivity contribution in [2.24, 2.45) is 5.73 Å². The monoisotopic (exact) mass is 133 g/mol. The quantitative estimate of drug-likeness (QED) is 0.495. The third-order valence-corrected chi connectivity index (χ3v) is 0.759. The van der Waals surface area contributed by atoms with Crippen LogP contribution in [0.2, 0.25) is 0 Å². The van der Waals surface area contributed by atoms with E-state index in [0.717, 1.165) is 0 Å². The summed E-state index contributed by atoms with van der Waals surface area (Å²) in [7, 11) is 1.54. The Kier molecular flexibility index (Phi) is 5.15. The molecule has 4 nitrogen and oxygen atoms in total. The molecule has 0 amide bonds. The molecule has 0 aromatic rings. The highest BCUT2D eigenvalue weighted by molar-refractivity contribution is 5.36. The highest BCUT2D eigenvalue weighted by Crippen LogP contribution is 1.79. The normalized spacial score (nSPS) is 12.7. The Morgan fingerprint density at radius 1 is 1.67 bits per heavy atom. The molecule has 0 aliphatic heterocycles. The highest BCUT2D eigenvalue weighted by Gasteiger charge is 1.99. The van der Waals surface area contributed by atoms with E-state index in [0.29, 0.717) is 13.1 Å². The molecule has 1 unspecified atom stereocenters. The molecule has 0 rings (SSSR count). The Bertz CT molecular complexity index is 76.6. The minimum absolute atomic E-state index is 0.208. The second-order valence-electron chi connectivity index (χ2n) is 1.64. The van der Waals surface area contributed by atoms with Crippen LogP contribution in [0.3, 0.4) is 0 Å². The summed E-state index contributed by atoms with van der Waals surface area (Å²) in [5.41, 5.74) is 5.36. The number of nitrogens with two attached hydrogens (primary N) is 1. The number of carbonyl (C=O) groups excluding carboxylic acids is 1. The zero-order valence-corrected chi connectivity index (χ0v) is 5.37. The van der Waals surface area contributed by atoms with Gasteiger partial charge in [0, 0.05) is 7.11 Å². The van der Waals surface area contributed by atoms with Gasteiger partial charge in [-0.3, -0.25) is 4.79 Å². The molecule has 2 N–H and O–H groups in total. The van der Waals surface area contributed by atoms with Crippen molar-refractivity contribution in [3.05, 3.63) is 0 Å². The minimum atomic E-state index is -0.208. The largest absolute Gasteiger partial charge is 0.466 e. The van der Waals surface area contributed by atoms with Gasteiger partial charge in [-0.15, -0.1) is 0 Å². The van der Waals surface area contributed by atoms with Crippen molar-refractivity contribution >= 4 is 6.47 Å². The van der Waals surface area contributed by atoms with E-state index in [-0.39, 0.29) is 12.6 Å². The van der Waals surface area contributed by atoms with Crippen molar-refractivity contribution in [2.75, 3.05) is 20.3 Å². The molecule has 4 heteroatoms. The fraction of sp³-hybridized carbons (Fsp3) is 0.800. The topological polar surface area (TPSA) is 61.6 Å². The van der Waals surface area contributed by atoms with Crippen molar-refractivity contribution in [3.63, 3.8) is 0 Å². The smallest absolute Gasteiger partial charge is 0.293 e. The van der Waals surface area contributed by atoms with Gasteiger partial charge in [-0.25, -0.2) is 0 Å². The number of rotatable bonds is 5. The molecule has 0 bridgehead atoms. The molecule has 54 valence electrons. The van der Waals surface area contributed by atoms with E-state index in [4.69, 9.17) is 5.73 Å². The molecule has 1 atom stereocenters. The fourth-order valence-corrected chi connectivity index (χ4v) is 0.425. The summed E-state index contributed by atoms with van der Waals surface area (Å²) in [5, 5.41) is 0. The van der Waals surface area contributed by atoms with Crippen LogP contribution in [0.5, 0.6) is 0 Å². The summed E-state index contributed by atoms with van der Waals surface area (Å²) in [6, 6.07) is -0.208. The van der Waals surface area contributed by atoms with Crippen molar-refractivity contribution < 1.29 is 14.3 Å². The third-order valence-electron chi connectivity index (χ3n) is 0.759. The number of hydrogen-bond donors (Lipinski definition) is 1. The maximum atomic E-state index is 9.59. The second kappa shape index (κ2) is 5.53. The van der Waals surface area contributed by atoms with Crippen LogP contribution in [-0.4, -0.2) is 32.8 Å². The number of methoxy groups -OCH3 is 1. The molecule has 0 saturated carbocycles. The zero-order chi connectivity index (χ0) is 7.11. The predicted octanol–water partition coefficient (Wildman–Crippen LogP) is -0.867. The predicted molar refractivity (Wildman–Crippen MR) is 31.9 cm³/mol. The molecule has 0 fully saturated rings. The molecular formula is C5H11NO3. The van der Waals surface area contributed by atoms with Crippen LogP contribution in [0.25, 0.3) is 0 Å². The molecule has 9 heavy (non-hydrogen) atoms. The number of carbonyl (C=O) groups is 1.